The van der Waals surface area contributed by atoms with Crippen LogP contribution in [0.1, 0.15) is 37.1 Å². The van der Waals surface area contributed by atoms with E-state index in [1.165, 1.54) is 32.4 Å². The molecule has 0 saturated carbocycles. The lowest BCUT2D eigenvalue weighted by Gasteiger charge is -2.36. The smallest absolute Gasteiger partial charge is 0.173 e. The van der Waals surface area contributed by atoms with Crippen molar-refractivity contribution in [3.8, 4) is 5.75 Å². The highest BCUT2D eigenvalue weighted by atomic mass is 35.5. The van der Waals surface area contributed by atoms with Crippen molar-refractivity contribution in [2.45, 2.75) is 51.7 Å². The van der Waals surface area contributed by atoms with Gasteiger partial charge in [-0.3, -0.25) is 4.90 Å². The van der Waals surface area contributed by atoms with Crippen LogP contribution in [-0.4, -0.2) is 34.1 Å². The number of benzene rings is 1. The van der Waals surface area contributed by atoms with Gasteiger partial charge in [0.25, 0.3) is 0 Å². The van der Waals surface area contributed by atoms with Crippen LogP contribution in [0.3, 0.4) is 0 Å². The van der Waals surface area contributed by atoms with E-state index in [9.17, 15) is 4.39 Å². The van der Waals surface area contributed by atoms with Gasteiger partial charge in [0, 0.05) is 31.5 Å². The van der Waals surface area contributed by atoms with Gasteiger partial charge in [-0.15, -0.1) is 0 Å². The van der Waals surface area contributed by atoms with Crippen LogP contribution in [0.2, 0.25) is 5.02 Å². The number of nitrogens with zero attached hydrogens (tertiary/aromatic N) is 3. The number of hydrogen-bond donors (Lipinski definition) is 0. The van der Waals surface area contributed by atoms with Crippen LogP contribution in [-0.2, 0) is 13.1 Å². The van der Waals surface area contributed by atoms with Gasteiger partial charge in [-0.1, -0.05) is 18.0 Å². The van der Waals surface area contributed by atoms with Gasteiger partial charge in [0.1, 0.15) is 5.82 Å². The SMILES string of the molecule is COc1c(F)cc(CN2CCCCC2CCn2ccnc2C)cc1Cl. The zero-order valence-corrected chi connectivity index (χ0v) is 15.6. The largest absolute Gasteiger partial charge is 0.492 e. The molecule has 2 aromatic rings. The Balaban J connectivity index is 1.68. The Bertz CT molecular complexity index is 695. The van der Waals surface area contributed by atoms with Gasteiger partial charge < -0.3 is 9.30 Å². The molecule has 1 saturated heterocycles. The molecule has 25 heavy (non-hydrogen) atoms. The van der Waals surface area contributed by atoms with Crippen molar-refractivity contribution in [1.29, 1.82) is 0 Å². The van der Waals surface area contributed by atoms with Crippen LogP contribution in [0, 0.1) is 12.7 Å². The van der Waals surface area contributed by atoms with Crippen LogP contribution < -0.4 is 4.74 Å². The Morgan fingerprint density at radius 1 is 1.36 bits per heavy atom. The monoisotopic (exact) mass is 365 g/mol. The number of ether oxygens (including phenoxy) is 1. The number of imidazole rings is 1. The van der Waals surface area contributed by atoms with Gasteiger partial charge >= 0.3 is 0 Å². The first-order valence-corrected chi connectivity index (χ1v) is 9.20. The van der Waals surface area contributed by atoms with E-state index in [1.54, 1.807) is 0 Å². The number of piperidine rings is 1. The van der Waals surface area contributed by atoms with Gasteiger partial charge in [-0.2, -0.15) is 0 Å². The zero-order chi connectivity index (χ0) is 17.8. The third-order valence-corrected chi connectivity index (χ3v) is 5.30. The fraction of sp³-hybridized carbons (Fsp3) is 0.526. The summed E-state index contributed by atoms with van der Waals surface area (Å²) in [5, 5.41) is 0.333. The van der Waals surface area contributed by atoms with E-state index in [2.05, 4.69) is 14.5 Å². The predicted molar refractivity (Wildman–Crippen MR) is 97.6 cm³/mol. The molecule has 4 nitrogen and oxygen atoms in total. The summed E-state index contributed by atoms with van der Waals surface area (Å²) in [6, 6.07) is 3.85. The summed E-state index contributed by atoms with van der Waals surface area (Å²) in [6.45, 7) is 4.75. The fourth-order valence-corrected chi connectivity index (χ4v) is 3.96. The fourth-order valence-electron chi connectivity index (χ4n) is 3.66. The number of hydrogen-bond acceptors (Lipinski definition) is 3. The van der Waals surface area contributed by atoms with Crippen LogP contribution >= 0.6 is 11.6 Å². The molecule has 0 bridgehead atoms. The molecule has 0 radical (unpaired) electrons. The second-order valence-corrected chi connectivity index (χ2v) is 7.08. The van der Waals surface area contributed by atoms with Crippen molar-refractivity contribution in [2.24, 2.45) is 0 Å². The molecule has 0 N–H and O–H groups in total. The molecular weight excluding hydrogens is 341 g/mol. The summed E-state index contributed by atoms with van der Waals surface area (Å²) >= 11 is 6.14. The zero-order valence-electron chi connectivity index (χ0n) is 14.8. The van der Waals surface area contributed by atoms with E-state index in [0.717, 1.165) is 30.9 Å². The third kappa shape index (κ3) is 4.33. The number of aryl methyl sites for hydroxylation is 2. The Labute approximate surface area is 153 Å². The molecule has 1 atom stereocenters. The predicted octanol–water partition coefficient (Wildman–Crippen LogP) is 4.44. The van der Waals surface area contributed by atoms with E-state index in [-0.39, 0.29) is 5.75 Å². The van der Waals surface area contributed by atoms with Gasteiger partial charge in [0.05, 0.1) is 12.1 Å². The van der Waals surface area contributed by atoms with Crippen molar-refractivity contribution >= 4 is 11.6 Å². The first-order chi connectivity index (χ1) is 12.1. The van der Waals surface area contributed by atoms with Crippen molar-refractivity contribution < 1.29 is 9.13 Å². The molecule has 1 aromatic carbocycles. The normalized spacial score (nSPS) is 18.5. The molecule has 0 amide bonds. The average molecular weight is 366 g/mol. The summed E-state index contributed by atoms with van der Waals surface area (Å²) in [4.78, 5) is 6.74. The number of rotatable bonds is 6. The molecule has 1 aliphatic rings. The second kappa shape index (κ2) is 8.19. The number of aromatic nitrogens is 2. The van der Waals surface area contributed by atoms with Gasteiger partial charge in [0.15, 0.2) is 11.6 Å². The van der Waals surface area contributed by atoms with Crippen LogP contribution in [0.5, 0.6) is 5.75 Å². The topological polar surface area (TPSA) is 30.3 Å². The maximum atomic E-state index is 14.1. The van der Waals surface area contributed by atoms with E-state index in [0.29, 0.717) is 17.6 Å². The highest BCUT2D eigenvalue weighted by molar-refractivity contribution is 6.32. The van der Waals surface area contributed by atoms with E-state index < -0.39 is 5.82 Å². The molecule has 0 aliphatic carbocycles. The summed E-state index contributed by atoms with van der Waals surface area (Å²) in [5.41, 5.74) is 0.897. The molecule has 1 fully saturated rings. The molecule has 0 spiro atoms. The molecule has 1 aliphatic heterocycles. The molecule has 1 unspecified atom stereocenters. The molecule has 2 heterocycles. The maximum absolute atomic E-state index is 14.1. The highest BCUT2D eigenvalue weighted by Gasteiger charge is 2.23. The molecular formula is C19H25ClFN3O. The van der Waals surface area contributed by atoms with Crippen molar-refractivity contribution in [3.63, 3.8) is 0 Å². The van der Waals surface area contributed by atoms with Gasteiger partial charge in [-0.25, -0.2) is 9.37 Å². The van der Waals surface area contributed by atoms with E-state index in [4.69, 9.17) is 16.3 Å². The van der Waals surface area contributed by atoms with Crippen LogP contribution in [0.25, 0.3) is 0 Å². The average Bonchev–Trinajstić information content (AvgIpc) is 2.99. The Morgan fingerprint density at radius 3 is 2.88 bits per heavy atom. The number of likely N-dealkylation sites (tertiary alicyclic amines) is 1. The minimum Gasteiger partial charge on any atom is -0.492 e. The molecule has 1 aromatic heterocycles. The Hall–Kier alpha value is -1.59. The highest BCUT2D eigenvalue weighted by Crippen LogP contribution is 2.30. The number of methoxy groups -OCH3 is 1. The van der Waals surface area contributed by atoms with Gasteiger partial charge in [-0.05, 0) is 50.4 Å². The van der Waals surface area contributed by atoms with Crippen molar-refractivity contribution in [2.75, 3.05) is 13.7 Å². The first-order valence-electron chi connectivity index (χ1n) is 8.82. The maximum Gasteiger partial charge on any atom is 0.173 e. The summed E-state index contributed by atoms with van der Waals surface area (Å²) in [5.74, 6) is 0.773. The molecule has 136 valence electrons. The van der Waals surface area contributed by atoms with Crippen LogP contribution in [0.4, 0.5) is 4.39 Å². The van der Waals surface area contributed by atoms with Crippen molar-refractivity contribution in [3.05, 3.63) is 46.8 Å². The Morgan fingerprint density at radius 2 is 2.20 bits per heavy atom. The summed E-state index contributed by atoms with van der Waals surface area (Å²) < 4.78 is 21.3. The Kier molecular flexibility index (Phi) is 5.97. The minimum atomic E-state index is -0.396. The first kappa shape index (κ1) is 18.2. The van der Waals surface area contributed by atoms with Crippen LogP contribution in [0.15, 0.2) is 24.5 Å². The second-order valence-electron chi connectivity index (χ2n) is 6.67. The lowest BCUT2D eigenvalue weighted by Crippen LogP contribution is -2.39. The standard InChI is InChI=1S/C19H25ClFN3O/c1-14-22-7-10-23(14)9-6-16-5-3-4-8-24(16)13-15-11-17(20)19(25-2)18(21)12-15/h7,10-12,16H,3-6,8-9,13H2,1-2H3. The summed E-state index contributed by atoms with van der Waals surface area (Å²) in [7, 11) is 1.43. The lowest BCUT2D eigenvalue weighted by atomic mass is 9.98. The van der Waals surface area contributed by atoms with E-state index >= 15 is 0 Å². The van der Waals surface area contributed by atoms with E-state index in [1.807, 2.05) is 25.4 Å². The number of halogens is 2. The lowest BCUT2D eigenvalue weighted by molar-refractivity contribution is 0.128. The quantitative estimate of drug-likeness (QED) is 0.758. The summed E-state index contributed by atoms with van der Waals surface area (Å²) in [6.07, 6.45) is 8.57. The molecule has 3 rings (SSSR count). The molecule has 6 heteroatoms. The third-order valence-electron chi connectivity index (χ3n) is 5.02. The van der Waals surface area contributed by atoms with Crippen molar-refractivity contribution in [1.82, 2.24) is 14.5 Å². The van der Waals surface area contributed by atoms with Gasteiger partial charge in [0.2, 0.25) is 0 Å². The minimum absolute atomic E-state index is 0.121.